The van der Waals surface area contributed by atoms with Crippen LogP contribution in [-0.4, -0.2) is 25.0 Å². The molecule has 1 heterocycles. The van der Waals surface area contributed by atoms with Crippen molar-refractivity contribution in [1.82, 2.24) is 10.6 Å². The van der Waals surface area contributed by atoms with E-state index in [1.165, 1.54) is 0 Å². The number of carbonyl (C=O) groups excluding carboxylic acids is 1. The van der Waals surface area contributed by atoms with Crippen molar-refractivity contribution in [2.75, 3.05) is 13.1 Å². The van der Waals surface area contributed by atoms with Crippen LogP contribution in [0.5, 0.6) is 0 Å². The lowest BCUT2D eigenvalue weighted by Gasteiger charge is -2.11. The van der Waals surface area contributed by atoms with Gasteiger partial charge in [-0.05, 0) is 24.6 Å². The number of hydrogen-bond donors (Lipinski definition) is 2. The van der Waals surface area contributed by atoms with E-state index in [9.17, 15) is 4.79 Å². The highest BCUT2D eigenvalue weighted by atomic mass is 79.9. The van der Waals surface area contributed by atoms with Crippen molar-refractivity contribution in [1.29, 1.82) is 0 Å². The topological polar surface area (TPSA) is 41.1 Å². The first-order valence-electron chi connectivity index (χ1n) is 5.49. The molecule has 86 valence electrons. The highest BCUT2D eigenvalue weighted by Gasteiger charge is 2.16. The van der Waals surface area contributed by atoms with Crippen LogP contribution in [0, 0.1) is 0 Å². The predicted octanol–water partition coefficient (Wildman–Crippen LogP) is 1.47. The monoisotopic (exact) mass is 282 g/mol. The van der Waals surface area contributed by atoms with E-state index in [0.29, 0.717) is 12.5 Å². The highest BCUT2D eigenvalue weighted by molar-refractivity contribution is 9.10. The first-order valence-corrected chi connectivity index (χ1v) is 6.28. The standard InChI is InChI=1S/C12H15BrN2O/c13-11-4-2-1-3-9(11)7-12(16)15-10-5-6-14-8-10/h1-4,10,14H,5-8H2,(H,15,16). The van der Waals surface area contributed by atoms with Gasteiger partial charge in [-0.1, -0.05) is 34.1 Å². The summed E-state index contributed by atoms with van der Waals surface area (Å²) in [6, 6.07) is 8.13. The summed E-state index contributed by atoms with van der Waals surface area (Å²) in [6.07, 6.45) is 1.47. The van der Waals surface area contributed by atoms with E-state index in [1.54, 1.807) is 0 Å². The molecule has 1 atom stereocenters. The smallest absolute Gasteiger partial charge is 0.224 e. The van der Waals surface area contributed by atoms with Crippen molar-refractivity contribution >= 4 is 21.8 Å². The lowest BCUT2D eigenvalue weighted by molar-refractivity contribution is -0.121. The Kier molecular flexibility index (Phi) is 3.96. The second kappa shape index (κ2) is 5.46. The van der Waals surface area contributed by atoms with Gasteiger partial charge in [0, 0.05) is 17.1 Å². The molecule has 1 aromatic rings. The van der Waals surface area contributed by atoms with Crippen molar-refractivity contribution in [3.8, 4) is 0 Å². The maximum absolute atomic E-state index is 11.8. The van der Waals surface area contributed by atoms with Crippen LogP contribution in [0.15, 0.2) is 28.7 Å². The molecule has 2 rings (SSSR count). The summed E-state index contributed by atoms with van der Waals surface area (Å²) in [5.41, 5.74) is 1.03. The number of hydrogen-bond acceptors (Lipinski definition) is 2. The van der Waals surface area contributed by atoms with E-state index in [2.05, 4.69) is 26.6 Å². The molecule has 0 bridgehead atoms. The van der Waals surface area contributed by atoms with Crippen LogP contribution in [0.3, 0.4) is 0 Å². The Hall–Kier alpha value is -0.870. The maximum Gasteiger partial charge on any atom is 0.224 e. The third kappa shape index (κ3) is 3.06. The fourth-order valence-electron chi connectivity index (χ4n) is 1.87. The maximum atomic E-state index is 11.8. The molecule has 4 heteroatoms. The Morgan fingerprint density at radius 2 is 2.31 bits per heavy atom. The second-order valence-corrected chi connectivity index (χ2v) is 4.88. The van der Waals surface area contributed by atoms with E-state index in [4.69, 9.17) is 0 Å². The molecule has 0 aromatic heterocycles. The average Bonchev–Trinajstić information content (AvgIpc) is 2.74. The van der Waals surface area contributed by atoms with E-state index in [0.717, 1.165) is 29.5 Å². The first-order chi connectivity index (χ1) is 7.75. The largest absolute Gasteiger partial charge is 0.352 e. The Morgan fingerprint density at radius 3 is 3.00 bits per heavy atom. The molecule has 0 saturated carbocycles. The van der Waals surface area contributed by atoms with Crippen LogP contribution in [0.4, 0.5) is 0 Å². The number of halogens is 1. The third-order valence-corrected chi connectivity index (χ3v) is 3.51. The Labute approximate surface area is 104 Å². The van der Waals surface area contributed by atoms with Crippen molar-refractivity contribution < 1.29 is 4.79 Å². The molecular weight excluding hydrogens is 268 g/mol. The Balaban J connectivity index is 1.89. The Bertz CT molecular complexity index is 375. The summed E-state index contributed by atoms with van der Waals surface area (Å²) in [4.78, 5) is 11.8. The lowest BCUT2D eigenvalue weighted by atomic mass is 10.1. The van der Waals surface area contributed by atoms with Gasteiger partial charge in [-0.2, -0.15) is 0 Å². The normalized spacial score (nSPS) is 19.7. The molecule has 0 spiro atoms. The molecule has 1 aromatic carbocycles. The van der Waals surface area contributed by atoms with Crippen LogP contribution in [0.1, 0.15) is 12.0 Å². The Morgan fingerprint density at radius 1 is 1.50 bits per heavy atom. The molecule has 1 saturated heterocycles. The molecule has 16 heavy (non-hydrogen) atoms. The molecule has 0 aliphatic carbocycles. The molecule has 0 radical (unpaired) electrons. The van der Waals surface area contributed by atoms with Gasteiger partial charge in [0.2, 0.25) is 5.91 Å². The second-order valence-electron chi connectivity index (χ2n) is 4.03. The van der Waals surface area contributed by atoms with Gasteiger partial charge in [0.1, 0.15) is 0 Å². The zero-order chi connectivity index (χ0) is 11.4. The average molecular weight is 283 g/mol. The van der Waals surface area contributed by atoms with Crippen LogP contribution in [-0.2, 0) is 11.2 Å². The molecule has 1 fully saturated rings. The molecule has 1 aliphatic heterocycles. The number of nitrogens with one attached hydrogen (secondary N) is 2. The zero-order valence-electron chi connectivity index (χ0n) is 9.00. The predicted molar refractivity (Wildman–Crippen MR) is 67.3 cm³/mol. The van der Waals surface area contributed by atoms with Crippen molar-refractivity contribution in [3.05, 3.63) is 34.3 Å². The van der Waals surface area contributed by atoms with E-state index < -0.39 is 0 Å². The van der Waals surface area contributed by atoms with Gasteiger partial charge >= 0.3 is 0 Å². The fourth-order valence-corrected chi connectivity index (χ4v) is 2.30. The van der Waals surface area contributed by atoms with Gasteiger partial charge < -0.3 is 10.6 Å². The van der Waals surface area contributed by atoms with Crippen LogP contribution >= 0.6 is 15.9 Å². The summed E-state index contributed by atoms with van der Waals surface area (Å²) in [7, 11) is 0. The quantitative estimate of drug-likeness (QED) is 0.882. The number of benzene rings is 1. The molecule has 1 aliphatic rings. The summed E-state index contributed by atoms with van der Waals surface area (Å²) >= 11 is 3.45. The van der Waals surface area contributed by atoms with Crippen molar-refractivity contribution in [2.45, 2.75) is 18.9 Å². The lowest BCUT2D eigenvalue weighted by Crippen LogP contribution is -2.37. The fraction of sp³-hybridized carbons (Fsp3) is 0.417. The van der Waals surface area contributed by atoms with Crippen LogP contribution in [0.25, 0.3) is 0 Å². The molecule has 1 unspecified atom stereocenters. The van der Waals surface area contributed by atoms with Gasteiger partial charge in [-0.15, -0.1) is 0 Å². The van der Waals surface area contributed by atoms with Crippen LogP contribution in [0.2, 0.25) is 0 Å². The van der Waals surface area contributed by atoms with Crippen molar-refractivity contribution in [3.63, 3.8) is 0 Å². The van der Waals surface area contributed by atoms with Crippen LogP contribution < -0.4 is 10.6 Å². The van der Waals surface area contributed by atoms with Gasteiger partial charge in [0.25, 0.3) is 0 Å². The minimum atomic E-state index is 0.0978. The summed E-state index contributed by atoms with van der Waals surface area (Å²) in [5, 5.41) is 6.26. The molecule has 3 nitrogen and oxygen atoms in total. The van der Waals surface area contributed by atoms with Crippen molar-refractivity contribution in [2.24, 2.45) is 0 Å². The van der Waals surface area contributed by atoms with E-state index >= 15 is 0 Å². The molecule has 2 N–H and O–H groups in total. The van der Waals surface area contributed by atoms with E-state index in [-0.39, 0.29) is 5.91 Å². The minimum Gasteiger partial charge on any atom is -0.352 e. The van der Waals surface area contributed by atoms with E-state index in [1.807, 2.05) is 24.3 Å². The number of rotatable bonds is 3. The highest BCUT2D eigenvalue weighted by Crippen LogP contribution is 2.16. The van der Waals surface area contributed by atoms with Gasteiger partial charge in [0.05, 0.1) is 6.42 Å². The molecule has 1 amide bonds. The van der Waals surface area contributed by atoms with Gasteiger partial charge in [0.15, 0.2) is 0 Å². The third-order valence-electron chi connectivity index (χ3n) is 2.73. The minimum absolute atomic E-state index is 0.0978. The number of amides is 1. The zero-order valence-corrected chi connectivity index (χ0v) is 10.6. The van der Waals surface area contributed by atoms with Gasteiger partial charge in [-0.25, -0.2) is 0 Å². The summed E-state index contributed by atoms with van der Waals surface area (Å²) in [6.45, 7) is 1.89. The van der Waals surface area contributed by atoms with Gasteiger partial charge in [-0.3, -0.25) is 4.79 Å². The SMILES string of the molecule is O=C(Cc1ccccc1Br)NC1CCNC1. The first kappa shape index (κ1) is 11.6. The summed E-state index contributed by atoms with van der Waals surface area (Å²) < 4.78 is 0.995. The number of carbonyl (C=O) groups is 1. The molecular formula is C12H15BrN2O. The summed E-state index contributed by atoms with van der Waals surface area (Å²) in [5.74, 6) is 0.0978.